The van der Waals surface area contributed by atoms with Gasteiger partial charge in [0.1, 0.15) is 0 Å². The van der Waals surface area contributed by atoms with Crippen molar-refractivity contribution < 1.29 is 60.6 Å². The van der Waals surface area contributed by atoms with Crippen molar-refractivity contribution in [2.45, 2.75) is 0 Å². The molecule has 0 spiro atoms. The molecule has 0 nitrogen and oxygen atoms in total. The van der Waals surface area contributed by atoms with E-state index >= 15 is 0 Å². The fraction of sp³-hybridized carbons (Fsp3) is 0. The second-order valence-electron chi connectivity index (χ2n) is 0. The summed E-state index contributed by atoms with van der Waals surface area (Å²) in [5, 5.41) is 0. The maximum absolute atomic E-state index is 0. The van der Waals surface area contributed by atoms with Crippen LogP contribution < -0.4 is 0 Å². The normalized spacial score (nSPS) is 0. The molecule has 0 saturated heterocycles. The Balaban J connectivity index is 0. The molecule has 0 aliphatic rings. The van der Waals surface area contributed by atoms with Crippen LogP contribution in [0.2, 0.25) is 0 Å². The SMILES string of the molecule is [Au].[Ge].[Ni].[Ti]. The molecule has 5 radical (unpaired) electrons. The first-order valence-corrected chi connectivity index (χ1v) is 0. The molecular formula is AuGeNiTi. The smallest absolute Gasteiger partial charge is 0 e. The molecule has 0 atom stereocenters. The van der Waals surface area contributed by atoms with E-state index < -0.39 is 0 Å². The van der Waals surface area contributed by atoms with E-state index in [4.69, 9.17) is 0 Å². The van der Waals surface area contributed by atoms with Gasteiger partial charge >= 0.3 is 0 Å². The van der Waals surface area contributed by atoms with Crippen LogP contribution in [-0.2, 0) is 60.6 Å². The molecule has 0 fully saturated rings. The van der Waals surface area contributed by atoms with E-state index in [1.165, 1.54) is 0 Å². The molecule has 0 N–H and O–H groups in total. The summed E-state index contributed by atoms with van der Waals surface area (Å²) in [6, 6.07) is 0. The summed E-state index contributed by atoms with van der Waals surface area (Å²) in [4.78, 5) is 0. The van der Waals surface area contributed by atoms with Crippen LogP contribution in [0, 0.1) is 0 Å². The van der Waals surface area contributed by atoms with Crippen molar-refractivity contribution in [1.82, 2.24) is 0 Å². The van der Waals surface area contributed by atoms with Crippen LogP contribution in [0.1, 0.15) is 0 Å². The van der Waals surface area contributed by atoms with Crippen LogP contribution in [0.5, 0.6) is 0 Å². The molecule has 4 heavy (non-hydrogen) atoms. The Morgan fingerprint density at radius 1 is 1.00 bits per heavy atom. The van der Waals surface area contributed by atoms with Gasteiger partial charge in [0.2, 0.25) is 0 Å². The average molecular weight is 376 g/mol. The summed E-state index contributed by atoms with van der Waals surface area (Å²) < 4.78 is 0. The van der Waals surface area contributed by atoms with E-state index in [1.54, 1.807) is 0 Å². The van der Waals surface area contributed by atoms with Gasteiger partial charge in [0.25, 0.3) is 0 Å². The summed E-state index contributed by atoms with van der Waals surface area (Å²) in [6.07, 6.45) is 0. The quantitative estimate of drug-likeness (QED) is 0.506. The Morgan fingerprint density at radius 2 is 1.00 bits per heavy atom. The zero-order valence-electron chi connectivity index (χ0n) is 1.62. The zero-order chi connectivity index (χ0) is 0. The Labute approximate surface area is 77.2 Å². The first kappa shape index (κ1) is 31.5. The minimum absolute atomic E-state index is 0. The molecule has 0 aromatic carbocycles. The Morgan fingerprint density at radius 3 is 1.00 bits per heavy atom. The molecule has 0 heterocycles. The third-order valence-electron chi connectivity index (χ3n) is 0. The fourth-order valence-corrected chi connectivity index (χ4v) is 0. The fourth-order valence-electron chi connectivity index (χ4n) is 0. The monoisotopic (exact) mass is 377 g/mol. The van der Waals surface area contributed by atoms with Crippen molar-refractivity contribution in [3.63, 3.8) is 0 Å². The Kier molecular flexibility index (Phi) is 141. The zero-order valence-corrected chi connectivity index (χ0v) is 8.43. The molecule has 29 valence electrons. The molecule has 0 aliphatic heterocycles. The first-order chi connectivity index (χ1) is 0. The third kappa shape index (κ3) is 8.82. The molecule has 0 aromatic rings. The van der Waals surface area contributed by atoms with Crippen molar-refractivity contribution in [3.05, 3.63) is 0 Å². The summed E-state index contributed by atoms with van der Waals surface area (Å²) >= 11 is 0. The standard InChI is InChI=1S/Au.Ge.Ni.Ti. The number of hydrogen-bond donors (Lipinski definition) is 0. The van der Waals surface area contributed by atoms with Gasteiger partial charge in [-0.3, -0.25) is 0 Å². The summed E-state index contributed by atoms with van der Waals surface area (Å²) in [5.74, 6) is 0. The van der Waals surface area contributed by atoms with Crippen LogP contribution in [0.15, 0.2) is 0 Å². The third-order valence-corrected chi connectivity index (χ3v) is 0. The molecule has 4 heteroatoms. The largest absolute Gasteiger partial charge is 0 e. The minimum atomic E-state index is 0. The molecular weight excluding hydrogens is 376 g/mol. The topological polar surface area (TPSA) is 0 Å². The summed E-state index contributed by atoms with van der Waals surface area (Å²) in [7, 11) is 0. The van der Waals surface area contributed by atoms with Crippen LogP contribution >= 0.6 is 0 Å². The van der Waals surface area contributed by atoms with Gasteiger partial charge in [-0.05, 0) is 0 Å². The minimum Gasteiger partial charge on any atom is 0 e. The van der Waals surface area contributed by atoms with Gasteiger partial charge in [0.15, 0.2) is 0 Å². The number of rotatable bonds is 0. The van der Waals surface area contributed by atoms with Gasteiger partial charge in [-0.25, -0.2) is 0 Å². The molecule has 0 amide bonds. The molecule has 0 saturated carbocycles. The Bertz CT molecular complexity index is 8.00. The first-order valence-electron chi connectivity index (χ1n) is 0. The van der Waals surface area contributed by atoms with Crippen LogP contribution in [0.4, 0.5) is 0 Å². The van der Waals surface area contributed by atoms with E-state index in [0.29, 0.717) is 0 Å². The molecule has 0 aromatic heterocycles. The number of hydrogen-bond acceptors (Lipinski definition) is 0. The van der Waals surface area contributed by atoms with E-state index in [9.17, 15) is 0 Å². The van der Waals surface area contributed by atoms with Crippen molar-refractivity contribution in [1.29, 1.82) is 0 Å². The van der Waals surface area contributed by atoms with E-state index in [-0.39, 0.29) is 78.2 Å². The molecule has 0 unspecified atom stereocenters. The van der Waals surface area contributed by atoms with Crippen LogP contribution in [0.25, 0.3) is 0 Å². The predicted molar refractivity (Wildman–Crippen MR) is 5.75 cm³/mol. The van der Waals surface area contributed by atoms with Crippen molar-refractivity contribution >= 4 is 17.6 Å². The average Bonchev–Trinajstić information content (AvgIpc) is 0. The maximum Gasteiger partial charge on any atom is 0 e. The van der Waals surface area contributed by atoms with Crippen molar-refractivity contribution in [3.8, 4) is 0 Å². The second kappa shape index (κ2) is 17.8. The van der Waals surface area contributed by atoms with E-state index in [2.05, 4.69) is 0 Å². The van der Waals surface area contributed by atoms with Crippen molar-refractivity contribution in [2.75, 3.05) is 0 Å². The van der Waals surface area contributed by atoms with E-state index in [0.717, 1.165) is 0 Å². The van der Waals surface area contributed by atoms with Crippen molar-refractivity contribution in [2.24, 2.45) is 0 Å². The van der Waals surface area contributed by atoms with Crippen LogP contribution in [0.3, 0.4) is 0 Å². The van der Waals surface area contributed by atoms with Gasteiger partial charge in [-0.1, -0.05) is 0 Å². The van der Waals surface area contributed by atoms with Gasteiger partial charge in [0.05, 0.1) is 0 Å². The second-order valence-corrected chi connectivity index (χ2v) is 0. The predicted octanol–water partition coefficient (Wildman–Crippen LogP) is -0.388. The van der Waals surface area contributed by atoms with Gasteiger partial charge in [-0.2, -0.15) is 0 Å². The molecule has 0 aliphatic carbocycles. The summed E-state index contributed by atoms with van der Waals surface area (Å²) in [6.45, 7) is 0. The summed E-state index contributed by atoms with van der Waals surface area (Å²) in [5.41, 5.74) is 0. The van der Waals surface area contributed by atoms with Gasteiger partial charge in [0, 0.05) is 78.2 Å². The van der Waals surface area contributed by atoms with E-state index in [1.807, 2.05) is 0 Å². The van der Waals surface area contributed by atoms with Crippen LogP contribution in [-0.4, -0.2) is 17.6 Å². The molecule has 0 bridgehead atoms. The molecule has 0 rings (SSSR count). The maximum atomic E-state index is 0. The Hall–Kier alpha value is 2.49. The van der Waals surface area contributed by atoms with Gasteiger partial charge in [-0.15, -0.1) is 0 Å². The van der Waals surface area contributed by atoms with Gasteiger partial charge < -0.3 is 0 Å².